The minimum Gasteiger partial charge on any atom is -0.384 e. The number of rotatable bonds is 17. The summed E-state index contributed by atoms with van der Waals surface area (Å²) in [6.45, 7) is 8.57. The quantitative estimate of drug-likeness (QED) is 0.167. The highest BCUT2D eigenvalue weighted by Crippen LogP contribution is 2.47. The molecule has 0 saturated carbocycles. The van der Waals surface area contributed by atoms with Crippen LogP contribution in [-0.4, -0.2) is 103 Å². The molecule has 3 aromatic rings. The predicted octanol–water partition coefficient (Wildman–Crippen LogP) is 3.73. The number of aromatic nitrogens is 3. The largest absolute Gasteiger partial charge is 0.384 e. The van der Waals surface area contributed by atoms with Crippen LogP contribution in [0.4, 0.5) is 5.69 Å². The van der Waals surface area contributed by atoms with Crippen LogP contribution in [0.5, 0.6) is 0 Å². The lowest BCUT2D eigenvalue weighted by molar-refractivity contribution is -0.124. The average Bonchev–Trinajstić information content (AvgIpc) is 3.53. The second-order valence-electron chi connectivity index (χ2n) is 11.2. The van der Waals surface area contributed by atoms with Gasteiger partial charge in [0.2, 0.25) is 5.91 Å². The number of imidazole rings is 1. The van der Waals surface area contributed by atoms with Gasteiger partial charge in [0.05, 0.1) is 67.9 Å². The van der Waals surface area contributed by atoms with Gasteiger partial charge in [0.15, 0.2) is 0 Å². The van der Waals surface area contributed by atoms with Crippen molar-refractivity contribution in [3.63, 3.8) is 0 Å². The van der Waals surface area contributed by atoms with Crippen LogP contribution in [0.2, 0.25) is 5.02 Å². The molecule has 13 heteroatoms. The van der Waals surface area contributed by atoms with Gasteiger partial charge in [0.25, 0.3) is 0 Å². The van der Waals surface area contributed by atoms with E-state index in [1.807, 2.05) is 36.1 Å². The first-order valence-electron chi connectivity index (χ1n) is 16.1. The summed E-state index contributed by atoms with van der Waals surface area (Å²) in [5.74, 6) is 4.41. The summed E-state index contributed by atoms with van der Waals surface area (Å²) in [5, 5.41) is 4.00. The van der Waals surface area contributed by atoms with E-state index in [4.69, 9.17) is 42.0 Å². The van der Waals surface area contributed by atoms with E-state index in [0.29, 0.717) is 69.3 Å². The van der Waals surface area contributed by atoms with Crippen LogP contribution in [0.3, 0.4) is 0 Å². The number of nitrogens with zero attached hydrogens (tertiary/aromatic N) is 4. The number of benzene rings is 1. The fourth-order valence-electron chi connectivity index (χ4n) is 5.92. The zero-order valence-corrected chi connectivity index (χ0v) is 29.0. The molecule has 5 rings (SSSR count). The molecule has 1 fully saturated rings. The number of carbonyl (C=O) groups excluding carboxylic acids is 1. The minimum absolute atomic E-state index is 0.124. The van der Waals surface area contributed by atoms with E-state index in [0.717, 1.165) is 67.1 Å². The summed E-state index contributed by atoms with van der Waals surface area (Å²) < 4.78 is 34.7. The molecule has 1 amide bonds. The van der Waals surface area contributed by atoms with Gasteiger partial charge in [-0.25, -0.2) is 4.98 Å². The van der Waals surface area contributed by atoms with Gasteiger partial charge in [0, 0.05) is 53.8 Å². The van der Waals surface area contributed by atoms with Gasteiger partial charge in [0.1, 0.15) is 12.4 Å². The summed E-state index contributed by atoms with van der Waals surface area (Å²) in [6.07, 6.45) is 10.8. The number of carbonyl (C=O) groups is 1. The number of terminal acetylenes is 1. The van der Waals surface area contributed by atoms with Crippen molar-refractivity contribution in [1.29, 1.82) is 0 Å². The Hall–Kier alpha value is -2.89. The third kappa shape index (κ3) is 9.83. The molecule has 0 aliphatic carbocycles. The number of anilines is 1. The topological polar surface area (TPSA) is 117 Å². The molecular weight excluding hydrogens is 642 g/mol. The molecule has 4 heterocycles. The van der Waals surface area contributed by atoms with Crippen molar-refractivity contribution in [2.45, 2.75) is 44.7 Å². The Labute approximate surface area is 285 Å². The van der Waals surface area contributed by atoms with Gasteiger partial charge < -0.3 is 33.7 Å². The van der Waals surface area contributed by atoms with Crippen LogP contribution < -0.4 is 10.2 Å². The summed E-state index contributed by atoms with van der Waals surface area (Å²) in [7, 11) is 0.688. The lowest BCUT2D eigenvalue weighted by Crippen LogP contribution is -2.47. The van der Waals surface area contributed by atoms with E-state index in [9.17, 15) is 9.00 Å². The van der Waals surface area contributed by atoms with Gasteiger partial charge in [-0.15, -0.1) is 6.42 Å². The molecule has 256 valence electrons. The average molecular weight is 688 g/mol. The molecule has 0 radical (unpaired) electrons. The van der Waals surface area contributed by atoms with Gasteiger partial charge in [-0.2, -0.15) is 0 Å². The van der Waals surface area contributed by atoms with Crippen molar-refractivity contribution in [3.8, 4) is 12.3 Å². The number of pyridine rings is 1. The van der Waals surface area contributed by atoms with E-state index < -0.39 is 16.2 Å². The number of halogens is 1. The van der Waals surface area contributed by atoms with Crippen molar-refractivity contribution < 1.29 is 28.0 Å². The van der Waals surface area contributed by atoms with Crippen molar-refractivity contribution >= 4 is 45.0 Å². The molecule has 1 spiro atoms. The zero-order chi connectivity index (χ0) is 33.5. The maximum absolute atomic E-state index is 13.9. The molecule has 1 aromatic carbocycles. The monoisotopic (exact) mass is 687 g/mol. The lowest BCUT2D eigenvalue weighted by atomic mass is 9.74. The Bertz CT molecular complexity index is 1510. The highest BCUT2D eigenvalue weighted by Gasteiger charge is 2.51. The fraction of sp³-hybridized carbons (Fsp3) is 0.559. The smallest absolute Gasteiger partial charge is 0.238 e. The standard InChI is InChI=1S/C25H30ClN5O3S.C9H16O3/c1-34-12-14-35(33)13-2-11-30-21-4-3-18(26)15-20(21)29-23(30)17-31-22-16-28-8-5-19(22)25(24(31)32)6-9-27-10-7-25;1-3-5-11-8-9-12-7-6-10-4-2/h3-5,8,15-16,27H,2,6-7,9-14,17H2,1H3;1H,4-9H2,2H3. The second kappa shape index (κ2) is 19.2. The molecule has 11 nitrogen and oxygen atoms in total. The first kappa shape index (κ1) is 36.9. The third-order valence-electron chi connectivity index (χ3n) is 8.21. The number of fused-ring (bicyclic) bond motifs is 3. The Kier molecular flexibility index (Phi) is 15.1. The molecular formula is C34H46ClN5O6S. The number of piperidine rings is 1. The van der Waals surface area contributed by atoms with Crippen LogP contribution >= 0.6 is 11.6 Å². The molecule has 1 saturated heterocycles. The van der Waals surface area contributed by atoms with Gasteiger partial charge in [-0.1, -0.05) is 17.5 Å². The summed E-state index contributed by atoms with van der Waals surface area (Å²) in [5.41, 5.74) is 3.20. The third-order valence-corrected chi connectivity index (χ3v) is 9.81. The molecule has 1 atom stereocenters. The summed E-state index contributed by atoms with van der Waals surface area (Å²) >= 11 is 6.25. The summed E-state index contributed by atoms with van der Waals surface area (Å²) in [6, 6.07) is 7.67. The van der Waals surface area contributed by atoms with Crippen LogP contribution in [0.15, 0.2) is 36.7 Å². The molecule has 2 aliphatic heterocycles. The molecule has 47 heavy (non-hydrogen) atoms. The maximum Gasteiger partial charge on any atom is 0.238 e. The Morgan fingerprint density at radius 1 is 1.09 bits per heavy atom. The van der Waals surface area contributed by atoms with Crippen LogP contribution in [0.1, 0.15) is 37.6 Å². The van der Waals surface area contributed by atoms with Crippen LogP contribution in [0, 0.1) is 12.3 Å². The number of amides is 1. The number of aryl methyl sites for hydroxylation is 1. The molecule has 1 N–H and O–H groups in total. The van der Waals surface area contributed by atoms with E-state index in [-0.39, 0.29) is 5.91 Å². The number of ether oxygens (including phenoxy) is 4. The fourth-order valence-corrected chi connectivity index (χ4v) is 7.10. The van der Waals surface area contributed by atoms with Gasteiger partial charge >= 0.3 is 0 Å². The van der Waals surface area contributed by atoms with Gasteiger partial charge in [-0.05, 0) is 69.1 Å². The van der Waals surface area contributed by atoms with Gasteiger partial charge in [-0.3, -0.25) is 14.0 Å². The maximum atomic E-state index is 13.9. The number of methoxy groups -OCH3 is 1. The first-order valence-corrected chi connectivity index (χ1v) is 17.9. The van der Waals surface area contributed by atoms with Crippen molar-refractivity contribution in [2.24, 2.45) is 0 Å². The van der Waals surface area contributed by atoms with E-state index in [1.54, 1.807) is 19.5 Å². The van der Waals surface area contributed by atoms with Crippen LogP contribution in [-0.2, 0) is 53.0 Å². The molecule has 2 aliphatic rings. The first-order chi connectivity index (χ1) is 22.9. The number of nitrogens with one attached hydrogen (secondary N) is 1. The number of hydrogen-bond acceptors (Lipinski definition) is 9. The zero-order valence-electron chi connectivity index (χ0n) is 27.4. The molecule has 2 aromatic heterocycles. The van der Waals surface area contributed by atoms with Crippen molar-refractivity contribution in [1.82, 2.24) is 19.9 Å². The predicted molar refractivity (Wildman–Crippen MR) is 185 cm³/mol. The highest BCUT2D eigenvalue weighted by molar-refractivity contribution is 7.84. The minimum atomic E-state index is -0.931. The highest BCUT2D eigenvalue weighted by atomic mass is 35.5. The van der Waals surface area contributed by atoms with Crippen LogP contribution in [0.25, 0.3) is 11.0 Å². The van der Waals surface area contributed by atoms with E-state index in [2.05, 4.69) is 20.8 Å². The number of hydrogen-bond donors (Lipinski definition) is 1. The molecule has 1 unspecified atom stereocenters. The Morgan fingerprint density at radius 3 is 2.60 bits per heavy atom. The Morgan fingerprint density at radius 2 is 1.85 bits per heavy atom. The van der Waals surface area contributed by atoms with Crippen molar-refractivity contribution in [3.05, 3.63) is 53.1 Å². The summed E-state index contributed by atoms with van der Waals surface area (Å²) in [4.78, 5) is 25.0. The van der Waals surface area contributed by atoms with E-state index >= 15 is 0 Å². The van der Waals surface area contributed by atoms with E-state index in [1.165, 1.54) is 0 Å². The normalized spacial score (nSPS) is 15.8. The SMILES string of the molecule is C#CCOCCOCCOCC.COCCS(=O)CCCn1c(CN2C(=O)C3(CCNCC3)c3ccncc32)nc2cc(Cl)ccc21. The second-order valence-corrected chi connectivity index (χ2v) is 13.3. The van der Waals surface area contributed by atoms with Crippen molar-refractivity contribution in [2.75, 3.05) is 82.9 Å². The Balaban J connectivity index is 0.000000356. The molecule has 0 bridgehead atoms. The lowest BCUT2D eigenvalue weighted by Gasteiger charge is -2.33.